The van der Waals surface area contributed by atoms with Crippen molar-refractivity contribution < 1.29 is 28.8 Å². The zero-order valence-electron chi connectivity index (χ0n) is 20.4. The summed E-state index contributed by atoms with van der Waals surface area (Å²) in [5, 5.41) is 13.6. The third kappa shape index (κ3) is 7.46. The third-order valence-corrected chi connectivity index (χ3v) is 6.00. The summed E-state index contributed by atoms with van der Waals surface area (Å²) in [7, 11) is 0. The molecular formula is C29H33NO6. The molecule has 2 N–H and O–H groups in total. The maximum Gasteiger partial charge on any atom is 0.217 e. The fourth-order valence-electron chi connectivity index (χ4n) is 4.24. The van der Waals surface area contributed by atoms with Crippen LogP contribution >= 0.6 is 0 Å². The van der Waals surface area contributed by atoms with E-state index in [4.69, 9.17) is 18.9 Å². The van der Waals surface area contributed by atoms with E-state index in [1.54, 1.807) is 0 Å². The van der Waals surface area contributed by atoms with Gasteiger partial charge in [-0.15, -0.1) is 0 Å². The Kier molecular flexibility index (Phi) is 9.61. The summed E-state index contributed by atoms with van der Waals surface area (Å²) in [5.74, 6) is -0.295. The minimum Gasteiger partial charge on any atom is -0.374 e. The van der Waals surface area contributed by atoms with E-state index in [0.29, 0.717) is 13.2 Å². The van der Waals surface area contributed by atoms with E-state index in [1.807, 2.05) is 91.0 Å². The van der Waals surface area contributed by atoms with Crippen LogP contribution in [0.4, 0.5) is 0 Å². The van der Waals surface area contributed by atoms with Crippen molar-refractivity contribution in [3.8, 4) is 0 Å². The van der Waals surface area contributed by atoms with Crippen LogP contribution in [-0.2, 0) is 43.6 Å². The Morgan fingerprint density at radius 1 is 0.778 bits per heavy atom. The van der Waals surface area contributed by atoms with Gasteiger partial charge in [0.15, 0.2) is 6.29 Å². The van der Waals surface area contributed by atoms with Gasteiger partial charge in [-0.05, 0) is 16.7 Å². The fourth-order valence-corrected chi connectivity index (χ4v) is 4.24. The van der Waals surface area contributed by atoms with E-state index in [1.165, 1.54) is 6.92 Å². The van der Waals surface area contributed by atoms with E-state index >= 15 is 0 Å². The lowest BCUT2D eigenvalue weighted by Gasteiger charge is -2.44. The van der Waals surface area contributed by atoms with Gasteiger partial charge >= 0.3 is 0 Å². The molecule has 1 aliphatic heterocycles. The van der Waals surface area contributed by atoms with Gasteiger partial charge < -0.3 is 29.4 Å². The molecule has 3 aromatic carbocycles. The molecule has 5 atom stereocenters. The lowest BCUT2D eigenvalue weighted by molar-refractivity contribution is -0.277. The first-order valence-electron chi connectivity index (χ1n) is 12.1. The number of nitrogens with one attached hydrogen (secondary N) is 1. The third-order valence-electron chi connectivity index (χ3n) is 6.00. The number of hydrogen-bond acceptors (Lipinski definition) is 6. The maximum atomic E-state index is 12.0. The normalized spacial score (nSPS) is 23.8. The van der Waals surface area contributed by atoms with Crippen molar-refractivity contribution in [2.75, 3.05) is 6.61 Å². The van der Waals surface area contributed by atoms with Gasteiger partial charge in [0.1, 0.15) is 24.4 Å². The Balaban J connectivity index is 1.53. The van der Waals surface area contributed by atoms with Crippen LogP contribution in [0.15, 0.2) is 91.0 Å². The quantitative estimate of drug-likeness (QED) is 0.426. The first-order valence-corrected chi connectivity index (χ1v) is 12.1. The smallest absolute Gasteiger partial charge is 0.217 e. The molecule has 0 bridgehead atoms. The Hall–Kier alpha value is -3.07. The molecule has 1 saturated heterocycles. The molecule has 0 spiro atoms. The summed E-state index contributed by atoms with van der Waals surface area (Å²) in [6, 6.07) is 28.6. The molecule has 0 saturated carbocycles. The Morgan fingerprint density at radius 3 is 1.75 bits per heavy atom. The molecule has 0 aliphatic carbocycles. The molecule has 1 amide bonds. The molecule has 7 heteroatoms. The summed E-state index contributed by atoms with van der Waals surface area (Å²) in [6.07, 6.45) is -3.17. The largest absolute Gasteiger partial charge is 0.374 e. The van der Waals surface area contributed by atoms with E-state index < -0.39 is 30.6 Å². The number of amides is 1. The highest BCUT2D eigenvalue weighted by molar-refractivity contribution is 5.73. The van der Waals surface area contributed by atoms with Crippen molar-refractivity contribution in [3.63, 3.8) is 0 Å². The Morgan fingerprint density at radius 2 is 1.25 bits per heavy atom. The number of rotatable bonds is 11. The fraction of sp³-hybridized carbons (Fsp3) is 0.345. The van der Waals surface area contributed by atoms with Gasteiger partial charge in [-0.1, -0.05) is 91.0 Å². The predicted molar refractivity (Wildman–Crippen MR) is 135 cm³/mol. The van der Waals surface area contributed by atoms with Crippen LogP contribution in [0.1, 0.15) is 23.6 Å². The molecule has 0 aromatic heterocycles. The van der Waals surface area contributed by atoms with E-state index in [-0.39, 0.29) is 19.1 Å². The Labute approximate surface area is 212 Å². The molecule has 3 aromatic rings. The zero-order chi connectivity index (χ0) is 25.2. The van der Waals surface area contributed by atoms with Crippen molar-refractivity contribution in [1.82, 2.24) is 5.32 Å². The lowest BCUT2D eigenvalue weighted by Crippen LogP contribution is -2.65. The summed E-state index contributed by atoms with van der Waals surface area (Å²) in [5.41, 5.74) is 2.99. The molecule has 190 valence electrons. The highest BCUT2D eigenvalue weighted by Crippen LogP contribution is 2.27. The number of carbonyl (C=O) groups excluding carboxylic acids is 1. The van der Waals surface area contributed by atoms with Crippen LogP contribution in [0.5, 0.6) is 0 Å². The summed E-state index contributed by atoms with van der Waals surface area (Å²) in [6.45, 7) is 2.58. The molecule has 7 nitrogen and oxygen atoms in total. The molecule has 1 aliphatic rings. The molecule has 0 unspecified atom stereocenters. The summed E-state index contributed by atoms with van der Waals surface area (Å²) in [4.78, 5) is 12.0. The number of hydrogen-bond donors (Lipinski definition) is 2. The number of carbonyl (C=O) groups is 1. The Bertz CT molecular complexity index is 1050. The average Bonchev–Trinajstić information content (AvgIpc) is 2.90. The summed E-state index contributed by atoms with van der Waals surface area (Å²) >= 11 is 0. The SMILES string of the molecule is CC(=O)N[C@@H]1[C@@H](OCc2ccccc2)[C@H](OCc2ccccc2)[C@@H](COCc2ccccc2)O[C@@H]1O. The van der Waals surface area contributed by atoms with Crippen molar-refractivity contribution in [2.24, 2.45) is 0 Å². The first kappa shape index (κ1) is 26.0. The van der Waals surface area contributed by atoms with Crippen LogP contribution in [0.25, 0.3) is 0 Å². The molecular weight excluding hydrogens is 458 g/mol. The molecule has 1 fully saturated rings. The van der Waals surface area contributed by atoms with E-state index in [0.717, 1.165) is 16.7 Å². The minimum absolute atomic E-state index is 0.184. The van der Waals surface area contributed by atoms with Crippen LogP contribution in [0.2, 0.25) is 0 Å². The number of ether oxygens (including phenoxy) is 4. The van der Waals surface area contributed by atoms with Crippen molar-refractivity contribution in [3.05, 3.63) is 108 Å². The molecule has 0 radical (unpaired) electrons. The lowest BCUT2D eigenvalue weighted by atomic mass is 9.96. The van der Waals surface area contributed by atoms with Gasteiger partial charge in [-0.25, -0.2) is 0 Å². The van der Waals surface area contributed by atoms with Crippen molar-refractivity contribution in [1.29, 1.82) is 0 Å². The average molecular weight is 492 g/mol. The second kappa shape index (κ2) is 13.3. The van der Waals surface area contributed by atoms with Crippen LogP contribution in [-0.4, -0.2) is 48.3 Å². The second-order valence-electron chi connectivity index (χ2n) is 8.81. The van der Waals surface area contributed by atoms with Gasteiger partial charge in [-0.2, -0.15) is 0 Å². The van der Waals surface area contributed by atoms with Crippen LogP contribution < -0.4 is 5.32 Å². The number of aliphatic hydroxyl groups excluding tert-OH is 1. The molecule has 4 rings (SSSR count). The topological polar surface area (TPSA) is 86.3 Å². The predicted octanol–water partition coefficient (Wildman–Crippen LogP) is 3.60. The minimum atomic E-state index is -1.28. The maximum absolute atomic E-state index is 12.0. The standard InChI is InChI=1S/C29H33NO6/c1-21(31)30-26-28(35-19-24-15-9-4-10-16-24)27(34-18-23-13-7-3-8-14-23)25(36-29(26)32)20-33-17-22-11-5-2-6-12-22/h2-16,25-29,32H,17-20H2,1H3,(H,30,31)/t25-,26-,27-,28-,29+/m1/s1. The van der Waals surface area contributed by atoms with Crippen LogP contribution in [0, 0.1) is 0 Å². The second-order valence-corrected chi connectivity index (χ2v) is 8.81. The summed E-state index contributed by atoms with van der Waals surface area (Å²) < 4.78 is 24.6. The number of aliphatic hydroxyl groups is 1. The van der Waals surface area contributed by atoms with Crippen molar-refractivity contribution in [2.45, 2.75) is 57.4 Å². The zero-order valence-corrected chi connectivity index (χ0v) is 20.4. The molecule has 36 heavy (non-hydrogen) atoms. The van der Waals surface area contributed by atoms with Gasteiger partial charge in [0, 0.05) is 6.92 Å². The van der Waals surface area contributed by atoms with Gasteiger partial charge in [0.05, 0.1) is 26.4 Å². The van der Waals surface area contributed by atoms with Crippen molar-refractivity contribution >= 4 is 5.91 Å². The van der Waals surface area contributed by atoms with E-state index in [9.17, 15) is 9.90 Å². The van der Waals surface area contributed by atoms with Gasteiger partial charge in [0.2, 0.25) is 5.91 Å². The highest BCUT2D eigenvalue weighted by atomic mass is 16.7. The first-order chi connectivity index (χ1) is 17.6. The monoisotopic (exact) mass is 491 g/mol. The highest BCUT2D eigenvalue weighted by Gasteiger charge is 2.47. The molecule has 1 heterocycles. The van der Waals surface area contributed by atoms with Gasteiger partial charge in [-0.3, -0.25) is 4.79 Å². The number of benzene rings is 3. The van der Waals surface area contributed by atoms with Gasteiger partial charge in [0.25, 0.3) is 0 Å². The van der Waals surface area contributed by atoms with Crippen LogP contribution in [0.3, 0.4) is 0 Å². The van der Waals surface area contributed by atoms with E-state index in [2.05, 4.69) is 5.32 Å².